The van der Waals surface area contributed by atoms with Gasteiger partial charge < -0.3 is 34.7 Å². The van der Waals surface area contributed by atoms with Gasteiger partial charge in [-0.25, -0.2) is 0 Å². The van der Waals surface area contributed by atoms with Gasteiger partial charge in [0.25, 0.3) is 11.8 Å². The Morgan fingerprint density at radius 3 is 1.40 bits per heavy atom. The molecule has 0 unspecified atom stereocenters. The molecule has 1 aliphatic rings. The van der Waals surface area contributed by atoms with Crippen molar-refractivity contribution >= 4 is 11.8 Å². The topological polar surface area (TPSA) is 115 Å². The Bertz CT molecular complexity index is 1430. The van der Waals surface area contributed by atoms with Gasteiger partial charge in [0.2, 0.25) is 0 Å². The average Bonchev–Trinajstić information content (AvgIpc) is 3.04. The van der Waals surface area contributed by atoms with Crippen molar-refractivity contribution in [2.75, 3.05) is 26.3 Å². The molecule has 0 saturated heterocycles. The summed E-state index contributed by atoms with van der Waals surface area (Å²) in [5.41, 5.74) is 2.33. The third-order valence-electron chi connectivity index (χ3n) is 6.76. The summed E-state index contributed by atoms with van der Waals surface area (Å²) in [5, 5.41) is 16.4. The number of carbonyl (C=O) groups is 2. The average molecular weight is 583 g/mol. The quantitative estimate of drug-likeness (QED) is 0.279. The van der Waals surface area contributed by atoms with E-state index >= 15 is 0 Å². The maximum absolute atomic E-state index is 13.0. The van der Waals surface area contributed by atoms with Crippen LogP contribution in [0.15, 0.2) is 97.1 Å². The number of hydrogen-bond acceptors (Lipinski definition) is 7. The molecule has 0 fully saturated rings. The molecule has 5 rings (SSSR count). The largest absolute Gasteiger partial charge is 0.490 e. The third-order valence-corrected chi connectivity index (χ3v) is 6.76. The molecule has 4 aromatic rings. The molecule has 1 heterocycles. The Morgan fingerprint density at radius 2 is 0.930 bits per heavy atom. The lowest BCUT2D eigenvalue weighted by Gasteiger charge is -2.18. The van der Waals surface area contributed by atoms with Crippen LogP contribution in [0, 0.1) is 0 Å². The number of benzene rings is 4. The first-order valence-electron chi connectivity index (χ1n) is 14.2. The molecule has 0 spiro atoms. The number of amides is 2. The van der Waals surface area contributed by atoms with E-state index in [9.17, 15) is 14.7 Å². The van der Waals surface area contributed by atoms with E-state index in [1.54, 1.807) is 60.7 Å². The van der Waals surface area contributed by atoms with Crippen LogP contribution in [-0.2, 0) is 13.2 Å². The molecule has 3 N–H and O–H groups in total. The first kappa shape index (κ1) is 29.5. The van der Waals surface area contributed by atoms with Gasteiger partial charge in [-0.15, -0.1) is 0 Å². The fraction of sp³-hybridized carbons (Fsp3) is 0.235. The summed E-state index contributed by atoms with van der Waals surface area (Å²) in [6, 6.07) is 28.8. The van der Waals surface area contributed by atoms with Crippen molar-refractivity contribution in [1.82, 2.24) is 10.6 Å². The maximum atomic E-state index is 13.0. The van der Waals surface area contributed by atoms with Crippen molar-refractivity contribution < 1.29 is 33.6 Å². The van der Waals surface area contributed by atoms with Gasteiger partial charge in [0.1, 0.15) is 55.5 Å². The first-order chi connectivity index (χ1) is 21.1. The van der Waals surface area contributed by atoms with Gasteiger partial charge in [0.05, 0.1) is 11.1 Å². The molecule has 9 heteroatoms. The predicted molar refractivity (Wildman–Crippen MR) is 161 cm³/mol. The third kappa shape index (κ3) is 8.05. The fourth-order valence-corrected chi connectivity index (χ4v) is 4.50. The van der Waals surface area contributed by atoms with Crippen LogP contribution in [0.25, 0.3) is 0 Å². The van der Waals surface area contributed by atoms with Gasteiger partial charge in [-0.05, 0) is 42.8 Å². The van der Waals surface area contributed by atoms with Crippen molar-refractivity contribution in [2.45, 2.75) is 25.7 Å². The normalized spacial score (nSPS) is 15.6. The van der Waals surface area contributed by atoms with E-state index in [0.717, 1.165) is 11.1 Å². The van der Waals surface area contributed by atoms with Crippen LogP contribution in [0.1, 0.15) is 38.3 Å². The first-order valence-corrected chi connectivity index (χ1v) is 14.2. The highest BCUT2D eigenvalue weighted by atomic mass is 16.5. The number of rotatable bonds is 0. The number of aliphatic hydroxyl groups is 1. The van der Waals surface area contributed by atoms with E-state index in [0.29, 0.717) is 53.6 Å². The molecule has 0 atom stereocenters. The lowest BCUT2D eigenvalue weighted by Crippen LogP contribution is -2.30. The molecule has 0 aromatic heterocycles. The molecular formula is C34H34N2O7. The summed E-state index contributed by atoms with van der Waals surface area (Å²) in [4.78, 5) is 25.9. The minimum atomic E-state index is -0.915. The van der Waals surface area contributed by atoms with Crippen LogP contribution in [0.2, 0.25) is 0 Å². The summed E-state index contributed by atoms with van der Waals surface area (Å²) >= 11 is 0. The van der Waals surface area contributed by atoms with E-state index in [1.807, 2.05) is 36.4 Å². The highest BCUT2D eigenvalue weighted by Gasteiger charge is 2.16. The van der Waals surface area contributed by atoms with Gasteiger partial charge in [-0.3, -0.25) is 9.59 Å². The highest BCUT2D eigenvalue weighted by Crippen LogP contribution is 2.25. The van der Waals surface area contributed by atoms with E-state index in [2.05, 4.69) is 10.6 Å². The smallest absolute Gasteiger partial charge is 0.255 e. The second-order valence-corrected chi connectivity index (χ2v) is 9.93. The Morgan fingerprint density at radius 1 is 0.535 bits per heavy atom. The zero-order valence-electron chi connectivity index (χ0n) is 23.7. The second-order valence-electron chi connectivity index (χ2n) is 9.93. The van der Waals surface area contributed by atoms with Gasteiger partial charge in [0, 0.05) is 24.2 Å². The summed E-state index contributed by atoms with van der Waals surface area (Å²) in [7, 11) is 0. The zero-order valence-corrected chi connectivity index (χ0v) is 23.7. The van der Waals surface area contributed by atoms with Gasteiger partial charge >= 0.3 is 0 Å². The fourth-order valence-electron chi connectivity index (χ4n) is 4.50. The number of aliphatic hydroxyl groups excluding tert-OH is 1. The lowest BCUT2D eigenvalue weighted by molar-refractivity contribution is 0.0612. The second kappa shape index (κ2) is 14.7. The molecule has 0 aliphatic carbocycles. The summed E-state index contributed by atoms with van der Waals surface area (Å²) in [6.45, 7) is 1.04. The number of carbonyl (C=O) groups excluding carboxylic acids is 2. The SMILES string of the molecule is O=C1NCCCNC(=O)c2ccccc2OCc2ccccc2OCC(O)COc2ccccc2COc2ccccc21. The minimum Gasteiger partial charge on any atom is -0.490 e. The van der Waals surface area contributed by atoms with Crippen molar-refractivity contribution in [3.8, 4) is 23.0 Å². The predicted octanol–water partition coefficient (Wildman–Crippen LogP) is 4.53. The van der Waals surface area contributed by atoms with Gasteiger partial charge in [-0.1, -0.05) is 60.7 Å². The Hall–Kier alpha value is -5.02. The van der Waals surface area contributed by atoms with E-state index in [-0.39, 0.29) is 38.2 Å². The van der Waals surface area contributed by atoms with Crippen LogP contribution >= 0.6 is 0 Å². The molecule has 0 bridgehead atoms. The van der Waals surface area contributed by atoms with Crippen LogP contribution in [-0.4, -0.2) is 49.3 Å². The summed E-state index contributed by atoms with van der Waals surface area (Å²) in [6.07, 6.45) is -0.382. The van der Waals surface area contributed by atoms with Crippen LogP contribution in [0.5, 0.6) is 23.0 Å². The monoisotopic (exact) mass is 582 g/mol. The molecule has 0 saturated carbocycles. The van der Waals surface area contributed by atoms with Crippen molar-refractivity contribution in [2.24, 2.45) is 0 Å². The van der Waals surface area contributed by atoms with Crippen LogP contribution < -0.4 is 29.6 Å². The number of para-hydroxylation sites is 4. The standard InChI is InChI=1S/C34H34N2O7/c37-26-22-42-29-14-5-1-10-24(29)20-40-31-16-7-3-12-27(31)33(38)35-18-9-19-36-34(39)28-13-4-8-17-32(28)41-21-25-11-2-6-15-30(25)43-23-26/h1-8,10-17,26,37H,9,18-23H2,(H,35,38)(H,36,39). The van der Waals surface area contributed by atoms with E-state index < -0.39 is 6.10 Å². The molecule has 43 heavy (non-hydrogen) atoms. The molecule has 1 aliphatic heterocycles. The Kier molecular flexibility index (Phi) is 10.1. The van der Waals surface area contributed by atoms with Crippen molar-refractivity contribution in [3.05, 3.63) is 119 Å². The zero-order chi connectivity index (χ0) is 29.9. The van der Waals surface area contributed by atoms with Gasteiger partial charge in [-0.2, -0.15) is 0 Å². The Balaban J connectivity index is 1.35. The van der Waals surface area contributed by atoms with Gasteiger partial charge in [0.15, 0.2) is 0 Å². The van der Waals surface area contributed by atoms with Crippen molar-refractivity contribution in [3.63, 3.8) is 0 Å². The molecular weight excluding hydrogens is 548 g/mol. The lowest BCUT2D eigenvalue weighted by atomic mass is 10.1. The molecule has 0 radical (unpaired) electrons. The van der Waals surface area contributed by atoms with Crippen LogP contribution in [0.4, 0.5) is 0 Å². The van der Waals surface area contributed by atoms with Crippen molar-refractivity contribution in [1.29, 1.82) is 0 Å². The summed E-state index contributed by atoms with van der Waals surface area (Å²) in [5.74, 6) is 1.44. The number of fused-ring (bicyclic) bond motifs is 4. The Labute approximate surface area is 250 Å². The van der Waals surface area contributed by atoms with Crippen LogP contribution in [0.3, 0.4) is 0 Å². The molecule has 4 aromatic carbocycles. The molecule has 222 valence electrons. The number of hydrogen-bond donors (Lipinski definition) is 3. The maximum Gasteiger partial charge on any atom is 0.255 e. The summed E-state index contributed by atoms with van der Waals surface area (Å²) < 4.78 is 23.9. The highest BCUT2D eigenvalue weighted by molar-refractivity contribution is 5.97. The number of ether oxygens (including phenoxy) is 4. The van der Waals surface area contributed by atoms with E-state index in [1.165, 1.54) is 0 Å². The molecule has 2 amide bonds. The molecule has 9 nitrogen and oxygen atoms in total. The minimum absolute atomic E-state index is 0.00282. The van der Waals surface area contributed by atoms with E-state index in [4.69, 9.17) is 18.9 Å². The number of nitrogens with one attached hydrogen (secondary N) is 2.